The molecule has 1 aliphatic heterocycles. The molecule has 1 aromatic carbocycles. The van der Waals surface area contributed by atoms with Crippen LogP contribution in [0.1, 0.15) is 55.6 Å². The van der Waals surface area contributed by atoms with Gasteiger partial charge in [-0.1, -0.05) is 31.9 Å². The van der Waals surface area contributed by atoms with Gasteiger partial charge < -0.3 is 14.3 Å². The van der Waals surface area contributed by atoms with E-state index in [2.05, 4.69) is 12.2 Å². The first-order chi connectivity index (χ1) is 15.5. The first-order valence-corrected chi connectivity index (χ1v) is 11.5. The number of anilines is 1. The Morgan fingerprint density at radius 3 is 2.62 bits per heavy atom. The van der Waals surface area contributed by atoms with E-state index in [1.807, 2.05) is 60.0 Å². The maximum atomic E-state index is 13.9. The quantitative estimate of drug-likeness (QED) is 0.632. The molecule has 1 fully saturated rings. The van der Waals surface area contributed by atoms with Gasteiger partial charge in [-0.3, -0.25) is 14.5 Å². The molecule has 3 aromatic rings. The van der Waals surface area contributed by atoms with Crippen LogP contribution in [0.15, 0.2) is 59.2 Å². The van der Waals surface area contributed by atoms with E-state index in [1.54, 1.807) is 11.2 Å². The molecule has 6 nitrogen and oxygen atoms in total. The number of rotatable bonds is 5. The Balaban J connectivity index is 1.61. The third-order valence-corrected chi connectivity index (χ3v) is 6.89. The van der Waals surface area contributed by atoms with Gasteiger partial charge in [-0.05, 0) is 68.1 Å². The van der Waals surface area contributed by atoms with E-state index in [0.29, 0.717) is 18.0 Å². The fraction of sp³-hybridized carbons (Fsp3) is 0.385. The van der Waals surface area contributed by atoms with Crippen LogP contribution >= 0.6 is 0 Å². The monoisotopic (exact) mass is 431 g/mol. The molecule has 0 saturated heterocycles. The van der Waals surface area contributed by atoms with Crippen molar-refractivity contribution in [1.29, 1.82) is 0 Å². The minimum atomic E-state index is -1.07. The van der Waals surface area contributed by atoms with Crippen molar-refractivity contribution < 1.29 is 14.0 Å². The number of carbonyl (C=O) groups excluding carboxylic acids is 2. The molecule has 1 saturated carbocycles. The zero-order chi connectivity index (χ0) is 22.3. The second-order valence-corrected chi connectivity index (χ2v) is 9.06. The first kappa shape index (κ1) is 20.6. The Bertz CT molecular complexity index is 1140. The molecule has 1 unspecified atom stereocenters. The molecule has 0 spiro atoms. The first-order valence-electron chi connectivity index (χ1n) is 11.5. The predicted octanol–water partition coefficient (Wildman–Crippen LogP) is 4.79. The molecule has 0 radical (unpaired) electrons. The Morgan fingerprint density at radius 2 is 1.91 bits per heavy atom. The summed E-state index contributed by atoms with van der Waals surface area (Å²) in [6.45, 7) is 4.32. The van der Waals surface area contributed by atoms with Crippen LogP contribution in [0, 0.1) is 0 Å². The topological polar surface area (TPSA) is 67.5 Å². The van der Waals surface area contributed by atoms with Crippen molar-refractivity contribution >= 4 is 17.5 Å². The molecule has 6 heteroatoms. The minimum absolute atomic E-state index is 0.107. The molecule has 2 aliphatic rings. The average molecular weight is 432 g/mol. The Kier molecular flexibility index (Phi) is 5.16. The van der Waals surface area contributed by atoms with Crippen LogP contribution in [-0.2, 0) is 17.8 Å². The average Bonchev–Trinajstić information content (AvgIpc) is 3.55. The molecule has 32 heavy (non-hydrogen) atoms. The second-order valence-electron chi connectivity index (χ2n) is 9.06. The summed E-state index contributed by atoms with van der Waals surface area (Å²) in [6.07, 6.45) is 6.73. The van der Waals surface area contributed by atoms with Crippen LogP contribution in [-0.4, -0.2) is 28.0 Å². The van der Waals surface area contributed by atoms with Gasteiger partial charge in [0.05, 0.1) is 18.5 Å². The number of amides is 2. The van der Waals surface area contributed by atoms with Crippen molar-refractivity contribution in [3.8, 4) is 11.5 Å². The van der Waals surface area contributed by atoms with Crippen LogP contribution in [0.5, 0.6) is 0 Å². The number of hydrogen-bond acceptors (Lipinski definition) is 3. The summed E-state index contributed by atoms with van der Waals surface area (Å²) in [5, 5.41) is 3.25. The largest absolute Gasteiger partial charge is 0.463 e. The Labute approximate surface area is 188 Å². The van der Waals surface area contributed by atoms with Crippen molar-refractivity contribution in [2.75, 3.05) is 4.90 Å². The highest BCUT2D eigenvalue weighted by Gasteiger charge is 2.49. The molecule has 2 aromatic heterocycles. The van der Waals surface area contributed by atoms with E-state index in [9.17, 15) is 9.59 Å². The van der Waals surface area contributed by atoms with E-state index in [-0.39, 0.29) is 17.9 Å². The van der Waals surface area contributed by atoms with Gasteiger partial charge in [0.15, 0.2) is 0 Å². The third kappa shape index (κ3) is 3.34. The smallest absolute Gasteiger partial charge is 0.275 e. The fourth-order valence-corrected chi connectivity index (χ4v) is 5.08. The highest BCUT2D eigenvalue weighted by molar-refractivity contribution is 6.12. The van der Waals surface area contributed by atoms with Gasteiger partial charge in [0.1, 0.15) is 17.0 Å². The lowest BCUT2D eigenvalue weighted by Crippen LogP contribution is -2.65. The summed E-state index contributed by atoms with van der Waals surface area (Å²) in [7, 11) is 0. The van der Waals surface area contributed by atoms with Gasteiger partial charge in [0.25, 0.3) is 5.91 Å². The van der Waals surface area contributed by atoms with Crippen molar-refractivity contribution in [3.63, 3.8) is 0 Å². The molecule has 166 valence electrons. The van der Waals surface area contributed by atoms with E-state index in [1.165, 1.54) is 0 Å². The number of carbonyl (C=O) groups is 2. The number of nitrogens with zero attached hydrogens (tertiary/aromatic N) is 2. The maximum Gasteiger partial charge on any atom is 0.275 e. The van der Waals surface area contributed by atoms with Crippen molar-refractivity contribution in [2.45, 2.75) is 64.1 Å². The number of furan rings is 1. The van der Waals surface area contributed by atoms with E-state index in [4.69, 9.17) is 4.42 Å². The molecule has 1 aliphatic carbocycles. The lowest BCUT2D eigenvalue weighted by atomic mass is 9.92. The summed E-state index contributed by atoms with van der Waals surface area (Å²) in [5.74, 6) is 0.403. The molecule has 3 heterocycles. The fourth-order valence-electron chi connectivity index (χ4n) is 5.08. The van der Waals surface area contributed by atoms with Crippen LogP contribution in [0.4, 0.5) is 5.69 Å². The third-order valence-electron chi connectivity index (χ3n) is 6.89. The normalized spacial score (nSPS) is 21.1. The Hall–Kier alpha value is -3.28. The second kappa shape index (κ2) is 8.01. The van der Waals surface area contributed by atoms with E-state index in [0.717, 1.165) is 49.0 Å². The predicted molar refractivity (Wildman–Crippen MR) is 124 cm³/mol. The SMILES string of the molecule is CCc1cccc(N2C(=O)c3ccc(-c4ccco4)n3CC2(C)C(=O)NC2CCCC2)c1. The van der Waals surface area contributed by atoms with Gasteiger partial charge in [0, 0.05) is 11.7 Å². The van der Waals surface area contributed by atoms with Gasteiger partial charge in [-0.25, -0.2) is 0 Å². The molecule has 1 atom stereocenters. The molecular formula is C26H29N3O3. The standard InChI is InChI=1S/C26H29N3O3/c1-3-18-8-6-11-20(16-18)29-24(30)22-14-13-21(23-12-7-15-32-23)28(22)17-26(29,2)25(31)27-19-9-4-5-10-19/h6-8,11-16,19H,3-5,9-10,17H2,1-2H3,(H,27,31). The number of nitrogens with one attached hydrogen (secondary N) is 1. The van der Waals surface area contributed by atoms with E-state index >= 15 is 0 Å². The number of hydrogen-bond donors (Lipinski definition) is 1. The van der Waals surface area contributed by atoms with Crippen LogP contribution in [0.2, 0.25) is 0 Å². The summed E-state index contributed by atoms with van der Waals surface area (Å²) in [6, 6.07) is 15.5. The van der Waals surface area contributed by atoms with E-state index < -0.39 is 5.54 Å². The summed E-state index contributed by atoms with van der Waals surface area (Å²) < 4.78 is 7.54. The number of aryl methyl sites for hydroxylation is 1. The number of fused-ring (bicyclic) bond motifs is 1. The van der Waals surface area contributed by atoms with Crippen LogP contribution < -0.4 is 10.2 Å². The van der Waals surface area contributed by atoms with Crippen LogP contribution in [0.3, 0.4) is 0 Å². The molecule has 0 bridgehead atoms. The van der Waals surface area contributed by atoms with Gasteiger partial charge in [-0.2, -0.15) is 0 Å². The summed E-state index contributed by atoms with van der Waals surface area (Å²) in [4.78, 5) is 29.3. The zero-order valence-electron chi connectivity index (χ0n) is 18.6. The van der Waals surface area contributed by atoms with Crippen molar-refractivity contribution in [2.24, 2.45) is 0 Å². The van der Waals surface area contributed by atoms with Gasteiger partial charge in [0.2, 0.25) is 5.91 Å². The lowest BCUT2D eigenvalue weighted by Gasteiger charge is -2.44. The number of benzene rings is 1. The maximum absolute atomic E-state index is 13.9. The van der Waals surface area contributed by atoms with Crippen molar-refractivity contribution in [1.82, 2.24) is 9.88 Å². The van der Waals surface area contributed by atoms with Crippen LogP contribution in [0.25, 0.3) is 11.5 Å². The molecule has 1 N–H and O–H groups in total. The van der Waals surface area contributed by atoms with Gasteiger partial charge in [-0.15, -0.1) is 0 Å². The Morgan fingerprint density at radius 1 is 1.12 bits per heavy atom. The van der Waals surface area contributed by atoms with Crippen molar-refractivity contribution in [3.05, 3.63) is 66.1 Å². The summed E-state index contributed by atoms with van der Waals surface area (Å²) in [5.41, 5.74) is 2.18. The molecule has 2 amide bonds. The zero-order valence-corrected chi connectivity index (χ0v) is 18.6. The highest BCUT2D eigenvalue weighted by Crippen LogP contribution is 2.37. The number of aromatic nitrogens is 1. The van der Waals surface area contributed by atoms with Gasteiger partial charge >= 0.3 is 0 Å². The highest BCUT2D eigenvalue weighted by atomic mass is 16.3. The minimum Gasteiger partial charge on any atom is -0.463 e. The lowest BCUT2D eigenvalue weighted by molar-refractivity contribution is -0.127. The summed E-state index contributed by atoms with van der Waals surface area (Å²) >= 11 is 0. The molecular weight excluding hydrogens is 402 g/mol. The molecule has 5 rings (SSSR count).